The molecule has 5 nitrogen and oxygen atoms in total. The second kappa shape index (κ2) is 8.73. The SMILES string of the molecule is CC1CCN(C(=O)C2CCN(C(=O)C(C)CN)CC2)CC1.Cl. The van der Waals surface area contributed by atoms with Gasteiger partial charge in [-0.05, 0) is 31.6 Å². The van der Waals surface area contributed by atoms with Gasteiger partial charge in [-0.15, -0.1) is 12.4 Å². The maximum atomic E-state index is 12.5. The molecule has 2 rings (SSSR count). The Labute approximate surface area is 140 Å². The number of likely N-dealkylation sites (tertiary alicyclic amines) is 2. The van der Waals surface area contributed by atoms with Gasteiger partial charge < -0.3 is 15.5 Å². The van der Waals surface area contributed by atoms with Gasteiger partial charge in [0.25, 0.3) is 0 Å². The largest absolute Gasteiger partial charge is 0.342 e. The zero-order chi connectivity index (χ0) is 15.4. The van der Waals surface area contributed by atoms with Crippen molar-refractivity contribution in [3.05, 3.63) is 0 Å². The van der Waals surface area contributed by atoms with Crippen LogP contribution in [-0.4, -0.2) is 54.3 Å². The average molecular weight is 332 g/mol. The molecule has 2 aliphatic heterocycles. The van der Waals surface area contributed by atoms with Crippen molar-refractivity contribution in [1.82, 2.24) is 9.80 Å². The molecule has 1 atom stereocenters. The third-order valence-electron chi connectivity index (χ3n) is 5.03. The van der Waals surface area contributed by atoms with Crippen LogP contribution in [0.4, 0.5) is 0 Å². The van der Waals surface area contributed by atoms with Crippen molar-refractivity contribution in [1.29, 1.82) is 0 Å². The Hall–Kier alpha value is -0.810. The van der Waals surface area contributed by atoms with E-state index >= 15 is 0 Å². The Kier molecular flexibility index (Phi) is 7.63. The number of nitrogens with two attached hydrogens (primary N) is 1. The van der Waals surface area contributed by atoms with Crippen molar-refractivity contribution in [2.24, 2.45) is 23.5 Å². The Morgan fingerprint density at radius 1 is 1.05 bits per heavy atom. The molecule has 0 aromatic rings. The van der Waals surface area contributed by atoms with Crippen LogP contribution in [0.2, 0.25) is 0 Å². The number of piperidine rings is 2. The number of carbonyl (C=O) groups excluding carboxylic acids is 2. The number of hydrogen-bond acceptors (Lipinski definition) is 3. The molecule has 0 saturated carbocycles. The van der Waals surface area contributed by atoms with E-state index in [2.05, 4.69) is 6.92 Å². The summed E-state index contributed by atoms with van der Waals surface area (Å²) in [5.41, 5.74) is 5.56. The number of hydrogen-bond donors (Lipinski definition) is 1. The van der Waals surface area contributed by atoms with Crippen LogP contribution in [0.5, 0.6) is 0 Å². The number of nitrogens with zero attached hydrogens (tertiary/aromatic N) is 2. The van der Waals surface area contributed by atoms with Gasteiger partial charge in [0.15, 0.2) is 0 Å². The minimum atomic E-state index is -0.110. The van der Waals surface area contributed by atoms with E-state index < -0.39 is 0 Å². The number of carbonyl (C=O) groups is 2. The first-order chi connectivity index (χ1) is 10.0. The number of amides is 2. The maximum absolute atomic E-state index is 12.5. The lowest BCUT2D eigenvalue weighted by atomic mass is 9.92. The van der Waals surface area contributed by atoms with Crippen molar-refractivity contribution in [2.45, 2.75) is 39.5 Å². The Morgan fingerprint density at radius 3 is 2.05 bits per heavy atom. The van der Waals surface area contributed by atoms with Gasteiger partial charge >= 0.3 is 0 Å². The smallest absolute Gasteiger partial charge is 0.226 e. The zero-order valence-corrected chi connectivity index (χ0v) is 14.6. The molecule has 2 aliphatic rings. The predicted molar refractivity (Wildman–Crippen MR) is 89.7 cm³/mol. The first kappa shape index (κ1) is 19.2. The molecule has 2 N–H and O–H groups in total. The van der Waals surface area contributed by atoms with Crippen molar-refractivity contribution < 1.29 is 9.59 Å². The van der Waals surface area contributed by atoms with Crippen LogP contribution >= 0.6 is 12.4 Å². The highest BCUT2D eigenvalue weighted by Crippen LogP contribution is 2.24. The molecule has 0 spiro atoms. The molecule has 2 amide bonds. The lowest BCUT2D eigenvalue weighted by Gasteiger charge is -2.37. The lowest BCUT2D eigenvalue weighted by molar-refractivity contribution is -0.143. The second-order valence-corrected chi connectivity index (χ2v) is 6.74. The standard InChI is InChI=1S/C16H29N3O2.ClH/c1-12-3-7-19(8-4-12)16(21)14-5-9-18(10-6-14)15(20)13(2)11-17;/h12-14H,3-11,17H2,1-2H3;1H. The minimum Gasteiger partial charge on any atom is -0.342 e. The van der Waals surface area contributed by atoms with Crippen molar-refractivity contribution >= 4 is 24.2 Å². The molecule has 2 heterocycles. The van der Waals surface area contributed by atoms with E-state index in [1.807, 2.05) is 16.7 Å². The molecule has 1 unspecified atom stereocenters. The van der Waals surface area contributed by atoms with Gasteiger partial charge in [-0.3, -0.25) is 9.59 Å². The molecular formula is C16H30ClN3O2. The van der Waals surface area contributed by atoms with E-state index in [9.17, 15) is 9.59 Å². The summed E-state index contributed by atoms with van der Waals surface area (Å²) in [7, 11) is 0. The maximum Gasteiger partial charge on any atom is 0.226 e. The van der Waals surface area contributed by atoms with Crippen LogP contribution in [0, 0.1) is 17.8 Å². The summed E-state index contributed by atoms with van der Waals surface area (Å²) >= 11 is 0. The summed E-state index contributed by atoms with van der Waals surface area (Å²) in [5.74, 6) is 1.18. The van der Waals surface area contributed by atoms with E-state index in [1.165, 1.54) is 0 Å². The van der Waals surface area contributed by atoms with Crippen LogP contribution in [0.3, 0.4) is 0 Å². The quantitative estimate of drug-likeness (QED) is 0.852. The highest BCUT2D eigenvalue weighted by Gasteiger charge is 2.32. The Balaban J connectivity index is 0.00000242. The molecule has 0 aliphatic carbocycles. The van der Waals surface area contributed by atoms with E-state index in [0.717, 1.165) is 44.7 Å². The average Bonchev–Trinajstić information content (AvgIpc) is 2.53. The van der Waals surface area contributed by atoms with Crippen LogP contribution < -0.4 is 5.73 Å². The van der Waals surface area contributed by atoms with E-state index in [4.69, 9.17) is 5.73 Å². The molecule has 6 heteroatoms. The molecule has 0 bridgehead atoms. The van der Waals surface area contributed by atoms with Crippen molar-refractivity contribution in [3.8, 4) is 0 Å². The van der Waals surface area contributed by atoms with Crippen LogP contribution in [0.25, 0.3) is 0 Å². The van der Waals surface area contributed by atoms with Gasteiger partial charge in [-0.1, -0.05) is 13.8 Å². The monoisotopic (exact) mass is 331 g/mol. The van der Waals surface area contributed by atoms with E-state index in [0.29, 0.717) is 25.5 Å². The second-order valence-electron chi connectivity index (χ2n) is 6.74. The summed E-state index contributed by atoms with van der Waals surface area (Å²) in [6.45, 7) is 7.73. The molecule has 0 aromatic carbocycles. The van der Waals surface area contributed by atoms with Crippen molar-refractivity contribution in [3.63, 3.8) is 0 Å². The van der Waals surface area contributed by atoms with Gasteiger partial charge in [0.05, 0.1) is 0 Å². The van der Waals surface area contributed by atoms with Gasteiger partial charge in [-0.2, -0.15) is 0 Å². The molecule has 2 fully saturated rings. The minimum absolute atomic E-state index is 0. The highest BCUT2D eigenvalue weighted by atomic mass is 35.5. The van der Waals surface area contributed by atoms with Crippen LogP contribution in [0.1, 0.15) is 39.5 Å². The number of rotatable bonds is 3. The van der Waals surface area contributed by atoms with Gasteiger partial charge in [-0.25, -0.2) is 0 Å². The van der Waals surface area contributed by atoms with Gasteiger partial charge in [0.2, 0.25) is 11.8 Å². The van der Waals surface area contributed by atoms with Gasteiger partial charge in [0.1, 0.15) is 0 Å². The molecule has 128 valence electrons. The fraction of sp³-hybridized carbons (Fsp3) is 0.875. The first-order valence-corrected chi connectivity index (χ1v) is 8.30. The zero-order valence-electron chi connectivity index (χ0n) is 13.8. The fourth-order valence-corrected chi connectivity index (χ4v) is 3.25. The van der Waals surface area contributed by atoms with Crippen LogP contribution in [0.15, 0.2) is 0 Å². The highest BCUT2D eigenvalue weighted by molar-refractivity contribution is 5.85. The van der Waals surface area contributed by atoms with E-state index in [-0.39, 0.29) is 30.2 Å². The third-order valence-corrected chi connectivity index (χ3v) is 5.03. The van der Waals surface area contributed by atoms with Crippen molar-refractivity contribution in [2.75, 3.05) is 32.7 Å². The molecule has 0 aromatic heterocycles. The predicted octanol–water partition coefficient (Wildman–Crippen LogP) is 1.50. The topological polar surface area (TPSA) is 66.6 Å². The Bertz CT molecular complexity index is 376. The summed E-state index contributed by atoms with van der Waals surface area (Å²) in [5, 5.41) is 0. The normalized spacial score (nSPS) is 22.1. The Morgan fingerprint density at radius 2 is 1.55 bits per heavy atom. The van der Waals surface area contributed by atoms with E-state index in [1.54, 1.807) is 0 Å². The molecule has 2 saturated heterocycles. The van der Waals surface area contributed by atoms with Crippen LogP contribution in [-0.2, 0) is 9.59 Å². The third kappa shape index (κ3) is 4.59. The first-order valence-electron chi connectivity index (χ1n) is 8.30. The number of halogens is 1. The summed E-state index contributed by atoms with van der Waals surface area (Å²) in [4.78, 5) is 28.5. The lowest BCUT2D eigenvalue weighted by Crippen LogP contribution is -2.47. The summed E-state index contributed by atoms with van der Waals surface area (Å²) in [6.07, 6.45) is 3.84. The summed E-state index contributed by atoms with van der Waals surface area (Å²) in [6, 6.07) is 0. The molecule has 22 heavy (non-hydrogen) atoms. The van der Waals surface area contributed by atoms with Gasteiger partial charge in [0, 0.05) is 44.6 Å². The molecular weight excluding hydrogens is 302 g/mol. The summed E-state index contributed by atoms with van der Waals surface area (Å²) < 4.78 is 0. The molecule has 0 radical (unpaired) electrons. The fourth-order valence-electron chi connectivity index (χ4n) is 3.25.